The first-order chi connectivity index (χ1) is 27.1. The summed E-state index contributed by atoms with van der Waals surface area (Å²) >= 11 is 0. The van der Waals surface area contributed by atoms with Crippen LogP contribution in [0, 0.1) is 22.7 Å². The number of benzene rings is 6. The predicted octanol–water partition coefficient (Wildman–Crippen LogP) is 13.0. The Kier molecular flexibility index (Phi) is 7.20. The monoisotopic (exact) mass is 706 g/mol. The first-order valence-electron chi connectivity index (χ1n) is 18.0. The highest BCUT2D eigenvalue weighted by atomic mass is 16.3. The number of furan rings is 2. The maximum Gasteiger partial charge on any atom is 0.213 e. The molecule has 0 aliphatic rings. The summed E-state index contributed by atoms with van der Waals surface area (Å²) in [6, 6.07) is 49.2. The average molecular weight is 707 g/mol. The van der Waals surface area contributed by atoms with E-state index in [1.807, 2.05) is 97.9 Å². The molecule has 0 unspecified atom stereocenters. The summed E-state index contributed by atoms with van der Waals surface area (Å²) in [5.74, 6) is 0.733. The van der Waals surface area contributed by atoms with Gasteiger partial charge in [-0.1, -0.05) is 97.6 Å². The molecule has 0 saturated heterocycles. The lowest BCUT2D eigenvalue weighted by atomic mass is 9.92. The number of nitrogens with zero attached hydrogens (tertiary/aromatic N) is 4. The third kappa shape index (κ3) is 4.73. The molecule has 6 aromatic carbocycles. The number of fused-ring (bicyclic) bond motifs is 8. The largest absolute Gasteiger partial charge is 0.439 e. The van der Waals surface area contributed by atoms with Crippen LogP contribution in [0.25, 0.3) is 101 Å². The molecule has 10 rings (SSSR count). The molecule has 0 atom stereocenters. The SMILES string of the molecule is C=Cc1c(/C=C\C)oc2c1c1ccccc1n2-c1cc(-c2ccc(C#N)cc2)c(-c2ccc(C#N)cc2)cc1-n1c2ccccc2c2c3ccccc3oc21. The Morgan fingerprint density at radius 2 is 1.07 bits per heavy atom. The summed E-state index contributed by atoms with van der Waals surface area (Å²) in [5, 5.41) is 24.6. The van der Waals surface area contributed by atoms with Gasteiger partial charge in [0.1, 0.15) is 11.3 Å². The van der Waals surface area contributed by atoms with E-state index in [2.05, 4.69) is 88.5 Å². The molecule has 0 aliphatic heterocycles. The molecule has 4 heterocycles. The van der Waals surface area contributed by atoms with Crippen LogP contribution in [0.2, 0.25) is 0 Å². The fourth-order valence-electron chi connectivity index (χ4n) is 8.11. The smallest absolute Gasteiger partial charge is 0.213 e. The van der Waals surface area contributed by atoms with E-state index in [4.69, 9.17) is 8.83 Å². The van der Waals surface area contributed by atoms with E-state index in [1.165, 1.54) is 0 Å². The summed E-state index contributed by atoms with van der Waals surface area (Å²) in [6.45, 7) is 6.17. The van der Waals surface area contributed by atoms with Crippen LogP contribution in [0.15, 0.2) is 155 Å². The van der Waals surface area contributed by atoms with Gasteiger partial charge in [-0.2, -0.15) is 10.5 Å². The summed E-state index contributed by atoms with van der Waals surface area (Å²) in [5.41, 5.74) is 11.8. The maximum atomic E-state index is 9.69. The molecule has 6 nitrogen and oxygen atoms in total. The van der Waals surface area contributed by atoms with Gasteiger partial charge in [0.15, 0.2) is 0 Å². The van der Waals surface area contributed by atoms with Crippen molar-refractivity contribution in [3.8, 4) is 45.8 Å². The average Bonchev–Trinajstić information content (AvgIpc) is 3.97. The molecule has 0 N–H and O–H groups in total. The van der Waals surface area contributed by atoms with Crippen molar-refractivity contribution in [3.63, 3.8) is 0 Å². The third-order valence-electron chi connectivity index (χ3n) is 10.5. The molecule has 0 saturated carbocycles. The van der Waals surface area contributed by atoms with E-state index < -0.39 is 0 Å². The fraction of sp³-hybridized carbons (Fsp3) is 0.0204. The summed E-state index contributed by atoms with van der Waals surface area (Å²) in [7, 11) is 0. The van der Waals surface area contributed by atoms with Gasteiger partial charge < -0.3 is 8.83 Å². The standard InChI is InChI=1S/C49H30N4O2/c1-3-11-44-34(4-2)46-35-12-5-8-15-40(35)52(48(46)54-44)42-26-38(32-22-18-30(28-50)19-23-32)39(33-24-20-31(29-51)21-25-33)27-43(42)53-41-16-9-6-13-36(41)47-37-14-7-10-17-45(37)55-49(47)53/h3-27H,2H2,1H3/b11-3-. The van der Waals surface area contributed by atoms with Gasteiger partial charge >= 0.3 is 0 Å². The zero-order chi connectivity index (χ0) is 37.2. The number of hydrogen-bond acceptors (Lipinski definition) is 4. The third-order valence-corrected chi connectivity index (χ3v) is 10.5. The zero-order valence-electron chi connectivity index (χ0n) is 29.7. The second-order valence-electron chi connectivity index (χ2n) is 13.5. The first kappa shape index (κ1) is 31.9. The van der Waals surface area contributed by atoms with Gasteiger partial charge in [0.05, 0.1) is 56.4 Å². The van der Waals surface area contributed by atoms with Crippen LogP contribution in [-0.4, -0.2) is 9.13 Å². The summed E-state index contributed by atoms with van der Waals surface area (Å²) in [6.07, 6.45) is 5.82. The van der Waals surface area contributed by atoms with Crippen LogP contribution in [0.3, 0.4) is 0 Å². The Morgan fingerprint density at radius 1 is 0.582 bits per heavy atom. The highest BCUT2D eigenvalue weighted by molar-refractivity contribution is 6.20. The van der Waals surface area contributed by atoms with Crippen molar-refractivity contribution in [2.75, 3.05) is 0 Å². The van der Waals surface area contributed by atoms with Crippen molar-refractivity contribution in [1.29, 1.82) is 10.5 Å². The van der Waals surface area contributed by atoms with E-state index in [1.54, 1.807) is 0 Å². The van der Waals surface area contributed by atoms with Crippen LogP contribution >= 0.6 is 0 Å². The Morgan fingerprint density at radius 3 is 1.60 bits per heavy atom. The molecule has 0 bridgehead atoms. The summed E-state index contributed by atoms with van der Waals surface area (Å²) in [4.78, 5) is 0. The molecule has 55 heavy (non-hydrogen) atoms. The van der Waals surface area contributed by atoms with E-state index in [0.717, 1.165) is 94.2 Å². The molecular weight excluding hydrogens is 677 g/mol. The quantitative estimate of drug-likeness (QED) is 0.172. The van der Waals surface area contributed by atoms with Crippen molar-refractivity contribution in [1.82, 2.24) is 9.13 Å². The number of nitriles is 2. The highest BCUT2D eigenvalue weighted by Gasteiger charge is 2.27. The molecule has 0 aliphatic carbocycles. The predicted molar refractivity (Wildman–Crippen MR) is 222 cm³/mol. The van der Waals surface area contributed by atoms with E-state index in [-0.39, 0.29) is 0 Å². The molecule has 10 aromatic rings. The van der Waals surface area contributed by atoms with Crippen molar-refractivity contribution in [2.24, 2.45) is 0 Å². The molecule has 6 heteroatoms. The second-order valence-corrected chi connectivity index (χ2v) is 13.5. The lowest BCUT2D eigenvalue weighted by Crippen LogP contribution is -2.05. The number of para-hydroxylation sites is 3. The maximum absolute atomic E-state index is 9.69. The fourth-order valence-corrected chi connectivity index (χ4v) is 8.11. The van der Waals surface area contributed by atoms with Crippen LogP contribution in [0.5, 0.6) is 0 Å². The molecule has 0 amide bonds. The van der Waals surface area contributed by atoms with Gasteiger partial charge in [-0.05, 0) is 89.9 Å². The van der Waals surface area contributed by atoms with E-state index >= 15 is 0 Å². The Hall–Kier alpha value is -7.80. The topological polar surface area (TPSA) is 83.7 Å². The minimum atomic E-state index is 0.578. The van der Waals surface area contributed by atoms with Gasteiger partial charge in [0.2, 0.25) is 11.4 Å². The highest BCUT2D eigenvalue weighted by Crippen LogP contribution is 2.46. The van der Waals surface area contributed by atoms with Gasteiger partial charge in [-0.3, -0.25) is 9.13 Å². The van der Waals surface area contributed by atoms with Crippen LogP contribution in [-0.2, 0) is 0 Å². The van der Waals surface area contributed by atoms with Crippen molar-refractivity contribution < 1.29 is 8.83 Å². The van der Waals surface area contributed by atoms with E-state index in [9.17, 15) is 10.5 Å². The molecule has 0 spiro atoms. The number of aromatic nitrogens is 2. The lowest BCUT2D eigenvalue weighted by Gasteiger charge is -2.20. The Labute approximate surface area is 315 Å². The van der Waals surface area contributed by atoms with Gasteiger partial charge in [0, 0.05) is 21.7 Å². The van der Waals surface area contributed by atoms with Gasteiger partial charge in [-0.25, -0.2) is 0 Å². The first-order valence-corrected chi connectivity index (χ1v) is 18.0. The van der Waals surface area contributed by atoms with Gasteiger partial charge in [0.25, 0.3) is 0 Å². The number of rotatable bonds is 6. The zero-order valence-corrected chi connectivity index (χ0v) is 29.7. The summed E-state index contributed by atoms with van der Waals surface area (Å²) < 4.78 is 18.0. The molecule has 0 radical (unpaired) electrons. The van der Waals surface area contributed by atoms with Crippen molar-refractivity contribution in [2.45, 2.75) is 6.92 Å². The second kappa shape index (κ2) is 12.4. The lowest BCUT2D eigenvalue weighted by molar-refractivity contribution is 0.584. The Balaban J connectivity index is 1.42. The number of allylic oxidation sites excluding steroid dienone is 1. The Bertz CT molecular complexity index is 3300. The normalized spacial score (nSPS) is 11.7. The van der Waals surface area contributed by atoms with Crippen LogP contribution in [0.1, 0.15) is 29.4 Å². The van der Waals surface area contributed by atoms with Gasteiger partial charge in [-0.15, -0.1) is 0 Å². The number of hydrogen-bond donors (Lipinski definition) is 0. The molecule has 4 aromatic heterocycles. The molecular formula is C49H30N4O2. The van der Waals surface area contributed by atoms with E-state index in [0.29, 0.717) is 16.8 Å². The van der Waals surface area contributed by atoms with Crippen LogP contribution < -0.4 is 0 Å². The molecule has 258 valence electrons. The minimum absolute atomic E-state index is 0.578. The minimum Gasteiger partial charge on any atom is -0.439 e. The van der Waals surface area contributed by atoms with Crippen molar-refractivity contribution in [3.05, 3.63) is 169 Å². The van der Waals surface area contributed by atoms with Crippen LogP contribution in [0.4, 0.5) is 0 Å². The molecule has 0 fully saturated rings. The van der Waals surface area contributed by atoms with Crippen molar-refractivity contribution >= 4 is 67.1 Å².